The Bertz CT molecular complexity index is 274. The quantitative estimate of drug-likeness (QED) is 0.419. The molecular formula is C14H27N3S. The first kappa shape index (κ1) is 15.3. The molecule has 0 amide bonds. The first-order valence-electron chi connectivity index (χ1n) is 7.18. The fourth-order valence-electron chi connectivity index (χ4n) is 1.75. The fraction of sp³-hybridized carbons (Fsp3) is 0.714. The van der Waals surface area contributed by atoms with E-state index in [9.17, 15) is 0 Å². The molecule has 1 rings (SSSR count). The van der Waals surface area contributed by atoms with Gasteiger partial charge in [0.25, 0.3) is 0 Å². The second-order valence-electron chi connectivity index (χ2n) is 4.60. The summed E-state index contributed by atoms with van der Waals surface area (Å²) in [5, 5.41) is 8.14. The van der Waals surface area contributed by atoms with Crippen LogP contribution in [0.25, 0.3) is 0 Å². The Morgan fingerprint density at radius 3 is 2.33 bits per heavy atom. The van der Waals surface area contributed by atoms with Crippen LogP contribution < -0.4 is 15.4 Å². The zero-order valence-corrected chi connectivity index (χ0v) is 12.5. The summed E-state index contributed by atoms with van der Waals surface area (Å²) >= 11 is 1.65. The molecule has 0 unspecified atom stereocenters. The van der Waals surface area contributed by atoms with E-state index in [0.717, 1.165) is 13.1 Å². The standard InChI is InChI=1S/C14H27N3S/c1-3-5-7-9-15-13-11-14(18-17-12-13)16-10-8-6-4-2/h11-12,15-17H,3-10H2,1-2H3. The largest absolute Gasteiger partial charge is 0.384 e. The zero-order chi connectivity index (χ0) is 13.1. The minimum atomic E-state index is 1.06. The van der Waals surface area contributed by atoms with Gasteiger partial charge >= 0.3 is 0 Å². The summed E-state index contributed by atoms with van der Waals surface area (Å²) in [7, 11) is 0. The molecule has 0 saturated heterocycles. The van der Waals surface area contributed by atoms with Crippen molar-refractivity contribution in [2.75, 3.05) is 13.1 Å². The molecule has 0 radical (unpaired) electrons. The van der Waals surface area contributed by atoms with Gasteiger partial charge in [0.15, 0.2) is 0 Å². The molecule has 4 heteroatoms. The van der Waals surface area contributed by atoms with Crippen molar-refractivity contribution < 1.29 is 0 Å². The zero-order valence-electron chi connectivity index (χ0n) is 11.7. The van der Waals surface area contributed by atoms with E-state index in [2.05, 4.69) is 35.3 Å². The van der Waals surface area contributed by atoms with E-state index in [-0.39, 0.29) is 0 Å². The van der Waals surface area contributed by atoms with Gasteiger partial charge in [-0.15, -0.1) is 0 Å². The molecule has 3 N–H and O–H groups in total. The predicted octanol–water partition coefficient (Wildman–Crippen LogP) is 3.48. The van der Waals surface area contributed by atoms with Crippen LogP contribution in [0.1, 0.15) is 52.4 Å². The molecule has 0 aromatic heterocycles. The Hall–Kier alpha value is -0.770. The molecule has 0 bridgehead atoms. The van der Waals surface area contributed by atoms with Gasteiger partial charge in [0, 0.05) is 31.2 Å². The summed E-state index contributed by atoms with van der Waals surface area (Å²) < 4.78 is 3.23. The van der Waals surface area contributed by atoms with E-state index >= 15 is 0 Å². The van der Waals surface area contributed by atoms with Gasteiger partial charge in [-0.1, -0.05) is 39.5 Å². The van der Waals surface area contributed by atoms with Gasteiger partial charge in [0.1, 0.15) is 0 Å². The van der Waals surface area contributed by atoms with Crippen molar-refractivity contribution in [3.63, 3.8) is 0 Å². The van der Waals surface area contributed by atoms with Crippen molar-refractivity contribution >= 4 is 11.9 Å². The van der Waals surface area contributed by atoms with Gasteiger partial charge in [-0.2, -0.15) is 0 Å². The Kier molecular flexibility index (Phi) is 8.65. The van der Waals surface area contributed by atoms with Crippen molar-refractivity contribution in [1.29, 1.82) is 0 Å². The van der Waals surface area contributed by atoms with E-state index < -0.39 is 0 Å². The van der Waals surface area contributed by atoms with Crippen molar-refractivity contribution in [3.05, 3.63) is 23.0 Å². The van der Waals surface area contributed by atoms with Crippen LogP contribution in [-0.4, -0.2) is 13.1 Å². The minimum absolute atomic E-state index is 1.06. The Morgan fingerprint density at radius 1 is 1.00 bits per heavy atom. The lowest BCUT2D eigenvalue weighted by Gasteiger charge is -2.17. The van der Waals surface area contributed by atoms with Crippen LogP contribution in [0.3, 0.4) is 0 Å². The number of unbranched alkanes of at least 4 members (excludes halogenated alkanes) is 4. The van der Waals surface area contributed by atoms with Crippen LogP contribution in [0, 0.1) is 0 Å². The minimum Gasteiger partial charge on any atom is -0.384 e. The maximum atomic E-state index is 3.47. The summed E-state index contributed by atoms with van der Waals surface area (Å²) in [6.45, 7) is 6.59. The van der Waals surface area contributed by atoms with Crippen LogP contribution in [0.5, 0.6) is 0 Å². The second-order valence-corrected chi connectivity index (χ2v) is 5.48. The predicted molar refractivity (Wildman–Crippen MR) is 81.9 cm³/mol. The highest BCUT2D eigenvalue weighted by Gasteiger charge is 2.04. The Morgan fingerprint density at radius 2 is 1.67 bits per heavy atom. The molecule has 0 saturated carbocycles. The number of rotatable bonds is 10. The van der Waals surface area contributed by atoms with Crippen molar-refractivity contribution in [2.45, 2.75) is 52.4 Å². The number of nitrogens with one attached hydrogen (secondary N) is 3. The summed E-state index contributed by atoms with van der Waals surface area (Å²) in [6, 6.07) is 0. The highest BCUT2D eigenvalue weighted by atomic mass is 32.2. The molecule has 18 heavy (non-hydrogen) atoms. The molecule has 104 valence electrons. The molecule has 0 aliphatic carbocycles. The molecule has 1 aliphatic rings. The van der Waals surface area contributed by atoms with Crippen LogP contribution in [0.2, 0.25) is 0 Å². The second kappa shape index (κ2) is 10.2. The van der Waals surface area contributed by atoms with Crippen molar-refractivity contribution in [2.24, 2.45) is 0 Å². The summed E-state index contributed by atoms with van der Waals surface area (Å²) in [5.41, 5.74) is 1.18. The molecule has 0 fully saturated rings. The molecule has 0 aromatic rings. The molecule has 0 atom stereocenters. The lowest BCUT2D eigenvalue weighted by Crippen LogP contribution is -2.22. The van der Waals surface area contributed by atoms with E-state index in [1.54, 1.807) is 11.9 Å². The smallest absolute Gasteiger partial charge is 0.0913 e. The van der Waals surface area contributed by atoms with Gasteiger partial charge in [-0.3, -0.25) is 0 Å². The summed E-state index contributed by atoms with van der Waals surface area (Å²) in [6.07, 6.45) is 11.9. The highest BCUT2D eigenvalue weighted by Crippen LogP contribution is 2.15. The third kappa shape index (κ3) is 6.84. The first-order chi connectivity index (χ1) is 8.86. The third-order valence-electron chi connectivity index (χ3n) is 2.86. The van der Waals surface area contributed by atoms with Crippen LogP contribution >= 0.6 is 11.9 Å². The number of allylic oxidation sites excluding steroid dienone is 1. The lowest BCUT2D eigenvalue weighted by atomic mass is 10.2. The molecule has 3 nitrogen and oxygen atoms in total. The van der Waals surface area contributed by atoms with Crippen LogP contribution in [-0.2, 0) is 0 Å². The average molecular weight is 269 g/mol. The summed E-state index contributed by atoms with van der Waals surface area (Å²) in [4.78, 5) is 0. The summed E-state index contributed by atoms with van der Waals surface area (Å²) in [5.74, 6) is 0. The topological polar surface area (TPSA) is 36.1 Å². The van der Waals surface area contributed by atoms with Gasteiger partial charge < -0.3 is 15.4 Å². The van der Waals surface area contributed by atoms with E-state index in [4.69, 9.17) is 0 Å². The molecule has 0 aromatic carbocycles. The van der Waals surface area contributed by atoms with Crippen molar-refractivity contribution in [3.8, 4) is 0 Å². The van der Waals surface area contributed by atoms with Crippen molar-refractivity contribution in [1.82, 2.24) is 15.4 Å². The lowest BCUT2D eigenvalue weighted by molar-refractivity contribution is 0.666. The monoisotopic (exact) mass is 269 g/mol. The van der Waals surface area contributed by atoms with E-state index in [0.29, 0.717) is 0 Å². The van der Waals surface area contributed by atoms with Crippen LogP contribution in [0.4, 0.5) is 0 Å². The van der Waals surface area contributed by atoms with Gasteiger partial charge in [-0.25, -0.2) is 0 Å². The number of hydrogen-bond acceptors (Lipinski definition) is 4. The Labute approximate surface area is 116 Å². The molecule has 1 heterocycles. The van der Waals surface area contributed by atoms with Gasteiger partial charge in [-0.05, 0) is 18.9 Å². The number of hydrogen-bond donors (Lipinski definition) is 3. The van der Waals surface area contributed by atoms with E-state index in [1.807, 2.05) is 6.20 Å². The molecular weight excluding hydrogens is 242 g/mol. The SMILES string of the molecule is CCCCCNC1=CNSC(NCCCCC)=C1. The van der Waals surface area contributed by atoms with Crippen LogP contribution in [0.15, 0.2) is 23.0 Å². The first-order valence-corrected chi connectivity index (χ1v) is 8.00. The fourth-order valence-corrected chi connectivity index (χ4v) is 2.43. The molecule has 0 spiro atoms. The van der Waals surface area contributed by atoms with E-state index in [1.165, 1.54) is 49.3 Å². The maximum absolute atomic E-state index is 3.47. The Balaban J connectivity index is 2.19. The average Bonchev–Trinajstić information content (AvgIpc) is 2.40. The van der Waals surface area contributed by atoms with Gasteiger partial charge in [0.2, 0.25) is 0 Å². The highest BCUT2D eigenvalue weighted by molar-refractivity contribution is 8.01. The van der Waals surface area contributed by atoms with Gasteiger partial charge in [0.05, 0.1) is 10.7 Å². The normalized spacial score (nSPS) is 14.6. The molecule has 1 aliphatic heterocycles. The maximum Gasteiger partial charge on any atom is 0.0913 e. The third-order valence-corrected chi connectivity index (χ3v) is 3.58.